The van der Waals surface area contributed by atoms with Gasteiger partial charge in [-0.2, -0.15) is 0 Å². The summed E-state index contributed by atoms with van der Waals surface area (Å²) in [5.74, 6) is 0.0686. The second-order valence-electron chi connectivity index (χ2n) is 5.58. The zero-order valence-electron chi connectivity index (χ0n) is 12.5. The fraction of sp³-hybridized carbons (Fsp3) is 0.562. The highest BCUT2D eigenvalue weighted by atomic mass is 16.2. The average Bonchev–Trinajstić information content (AvgIpc) is 2.89. The number of carbonyl (C=O) groups excluding carboxylic acids is 1. The molecule has 20 heavy (non-hydrogen) atoms. The van der Waals surface area contributed by atoms with Gasteiger partial charge in [-0.25, -0.2) is 0 Å². The van der Waals surface area contributed by atoms with Crippen LogP contribution >= 0.6 is 0 Å². The topological polar surface area (TPSA) is 49.6 Å². The Kier molecular flexibility index (Phi) is 5.15. The zero-order valence-corrected chi connectivity index (χ0v) is 12.5. The van der Waals surface area contributed by atoms with E-state index >= 15 is 0 Å². The van der Waals surface area contributed by atoms with E-state index in [9.17, 15) is 4.79 Å². The number of carbonyl (C=O) groups is 1. The van der Waals surface area contributed by atoms with Gasteiger partial charge in [0.2, 0.25) is 5.91 Å². The maximum Gasteiger partial charge on any atom is 0.239 e. The van der Waals surface area contributed by atoms with E-state index in [1.54, 1.807) is 6.92 Å². The van der Waals surface area contributed by atoms with E-state index in [-0.39, 0.29) is 5.91 Å². The lowest BCUT2D eigenvalue weighted by atomic mass is 10.2. The van der Waals surface area contributed by atoms with Gasteiger partial charge in [-0.15, -0.1) is 0 Å². The van der Waals surface area contributed by atoms with Crippen LogP contribution in [0.4, 0.5) is 0 Å². The molecule has 1 saturated heterocycles. The molecular formula is C16H25N3O. The molecule has 1 fully saturated rings. The summed E-state index contributed by atoms with van der Waals surface area (Å²) in [7, 11) is 0. The van der Waals surface area contributed by atoms with Crippen molar-refractivity contribution in [3.8, 4) is 0 Å². The number of hydrogen-bond acceptors (Lipinski definition) is 3. The smallest absolute Gasteiger partial charge is 0.239 e. The first kappa shape index (κ1) is 15.0. The van der Waals surface area contributed by atoms with Crippen molar-refractivity contribution in [2.45, 2.75) is 38.9 Å². The molecule has 0 saturated carbocycles. The average molecular weight is 275 g/mol. The first-order chi connectivity index (χ1) is 9.61. The van der Waals surface area contributed by atoms with Gasteiger partial charge in [-0.3, -0.25) is 9.69 Å². The van der Waals surface area contributed by atoms with Crippen LogP contribution < -0.4 is 5.73 Å². The molecule has 2 N–H and O–H groups in total. The van der Waals surface area contributed by atoms with E-state index in [1.165, 1.54) is 5.56 Å². The summed E-state index contributed by atoms with van der Waals surface area (Å²) in [4.78, 5) is 16.5. The van der Waals surface area contributed by atoms with Gasteiger partial charge in [0, 0.05) is 32.2 Å². The van der Waals surface area contributed by atoms with Crippen LogP contribution in [0, 0.1) is 0 Å². The summed E-state index contributed by atoms with van der Waals surface area (Å²) in [6.45, 7) is 7.48. The molecular weight excluding hydrogens is 250 g/mol. The van der Waals surface area contributed by atoms with E-state index in [1.807, 2.05) is 17.9 Å². The van der Waals surface area contributed by atoms with Crippen molar-refractivity contribution in [2.75, 3.05) is 19.6 Å². The predicted molar refractivity (Wildman–Crippen MR) is 81.2 cm³/mol. The van der Waals surface area contributed by atoms with Crippen LogP contribution in [0.3, 0.4) is 0 Å². The number of likely N-dealkylation sites (tertiary alicyclic amines) is 1. The molecule has 2 rings (SSSR count). The summed E-state index contributed by atoms with van der Waals surface area (Å²) in [5, 5.41) is 0. The van der Waals surface area contributed by atoms with Crippen molar-refractivity contribution in [3.05, 3.63) is 35.9 Å². The van der Waals surface area contributed by atoms with Gasteiger partial charge in [0.15, 0.2) is 0 Å². The molecule has 4 nitrogen and oxygen atoms in total. The van der Waals surface area contributed by atoms with Gasteiger partial charge < -0.3 is 10.6 Å². The second kappa shape index (κ2) is 6.86. The molecule has 2 atom stereocenters. The number of hydrogen-bond donors (Lipinski definition) is 1. The van der Waals surface area contributed by atoms with Crippen LogP contribution in [0.1, 0.15) is 25.8 Å². The molecule has 1 unspecified atom stereocenters. The number of rotatable bonds is 5. The zero-order chi connectivity index (χ0) is 14.5. The quantitative estimate of drug-likeness (QED) is 0.885. The first-order valence-electron chi connectivity index (χ1n) is 7.44. The largest absolute Gasteiger partial charge is 0.337 e. The van der Waals surface area contributed by atoms with Gasteiger partial charge >= 0.3 is 0 Å². The maximum atomic E-state index is 12.1. The molecule has 0 spiro atoms. The summed E-state index contributed by atoms with van der Waals surface area (Å²) >= 11 is 0. The van der Waals surface area contributed by atoms with E-state index < -0.39 is 6.04 Å². The summed E-state index contributed by atoms with van der Waals surface area (Å²) in [6, 6.07) is 10.4. The monoisotopic (exact) mass is 275 g/mol. The van der Waals surface area contributed by atoms with E-state index in [0.29, 0.717) is 6.04 Å². The van der Waals surface area contributed by atoms with Gasteiger partial charge in [0.25, 0.3) is 0 Å². The summed E-state index contributed by atoms with van der Waals surface area (Å²) < 4.78 is 0. The van der Waals surface area contributed by atoms with Crippen LogP contribution in [-0.4, -0.2) is 47.4 Å². The lowest BCUT2D eigenvalue weighted by Crippen LogP contribution is -2.48. The normalized spacial score (nSPS) is 20.9. The lowest BCUT2D eigenvalue weighted by Gasteiger charge is -2.29. The fourth-order valence-corrected chi connectivity index (χ4v) is 2.91. The van der Waals surface area contributed by atoms with E-state index in [4.69, 9.17) is 5.73 Å². The Labute approximate surface area is 121 Å². The minimum absolute atomic E-state index is 0.0686. The minimum Gasteiger partial charge on any atom is -0.337 e. The van der Waals surface area contributed by atoms with Crippen molar-refractivity contribution >= 4 is 5.91 Å². The Balaban J connectivity index is 1.92. The molecule has 0 bridgehead atoms. The number of nitrogens with zero attached hydrogens (tertiary/aromatic N) is 2. The molecule has 1 aromatic carbocycles. The van der Waals surface area contributed by atoms with Crippen LogP contribution in [0.5, 0.6) is 0 Å². The van der Waals surface area contributed by atoms with Crippen LogP contribution in [0.15, 0.2) is 30.3 Å². The Morgan fingerprint density at radius 2 is 2.15 bits per heavy atom. The fourth-order valence-electron chi connectivity index (χ4n) is 2.91. The predicted octanol–water partition coefficient (Wildman–Crippen LogP) is 1.46. The number of likely N-dealkylation sites (N-methyl/N-ethyl adjacent to an activating group) is 1. The number of amides is 1. The Morgan fingerprint density at radius 3 is 2.75 bits per heavy atom. The SMILES string of the molecule is CCN(C(=O)C(C)N)[C@H]1CCN(Cc2ccccc2)C1. The maximum absolute atomic E-state index is 12.1. The van der Waals surface area contributed by atoms with Crippen molar-refractivity contribution in [1.82, 2.24) is 9.80 Å². The molecule has 0 aliphatic carbocycles. The Morgan fingerprint density at radius 1 is 1.45 bits per heavy atom. The molecule has 1 aliphatic rings. The van der Waals surface area contributed by atoms with Gasteiger partial charge in [-0.05, 0) is 25.8 Å². The van der Waals surface area contributed by atoms with E-state index in [2.05, 4.69) is 29.2 Å². The van der Waals surface area contributed by atoms with Gasteiger partial charge in [-0.1, -0.05) is 30.3 Å². The molecule has 4 heteroatoms. The lowest BCUT2D eigenvalue weighted by molar-refractivity contribution is -0.134. The molecule has 1 aromatic rings. The van der Waals surface area contributed by atoms with Gasteiger partial charge in [0.1, 0.15) is 0 Å². The molecule has 0 aromatic heterocycles. The van der Waals surface area contributed by atoms with Crippen LogP contribution in [0.25, 0.3) is 0 Å². The standard InChI is InChI=1S/C16H25N3O/c1-3-19(16(20)13(2)17)15-9-10-18(12-15)11-14-7-5-4-6-8-14/h4-8,13,15H,3,9-12,17H2,1-2H3/t13?,15-/m0/s1. The second-order valence-corrected chi connectivity index (χ2v) is 5.58. The molecule has 1 heterocycles. The van der Waals surface area contributed by atoms with E-state index in [0.717, 1.165) is 32.6 Å². The van der Waals surface area contributed by atoms with Crippen LogP contribution in [0.2, 0.25) is 0 Å². The molecule has 1 aliphatic heterocycles. The molecule has 0 radical (unpaired) electrons. The first-order valence-corrected chi connectivity index (χ1v) is 7.44. The highest BCUT2D eigenvalue weighted by molar-refractivity contribution is 5.81. The number of benzene rings is 1. The molecule has 110 valence electrons. The van der Waals surface area contributed by atoms with Crippen LogP contribution in [-0.2, 0) is 11.3 Å². The highest BCUT2D eigenvalue weighted by Crippen LogP contribution is 2.18. The molecule has 1 amide bonds. The highest BCUT2D eigenvalue weighted by Gasteiger charge is 2.30. The third-order valence-electron chi connectivity index (χ3n) is 3.95. The summed E-state index contributed by atoms with van der Waals surface area (Å²) in [6.07, 6.45) is 1.04. The van der Waals surface area contributed by atoms with Crippen molar-refractivity contribution in [2.24, 2.45) is 5.73 Å². The number of nitrogens with two attached hydrogens (primary N) is 1. The van der Waals surface area contributed by atoms with Crippen molar-refractivity contribution in [3.63, 3.8) is 0 Å². The minimum atomic E-state index is -0.405. The Bertz CT molecular complexity index is 433. The van der Waals surface area contributed by atoms with Gasteiger partial charge in [0.05, 0.1) is 6.04 Å². The third kappa shape index (κ3) is 3.58. The Hall–Kier alpha value is -1.39. The third-order valence-corrected chi connectivity index (χ3v) is 3.95. The van der Waals surface area contributed by atoms with Crippen molar-refractivity contribution < 1.29 is 4.79 Å². The summed E-state index contributed by atoms with van der Waals surface area (Å²) in [5.41, 5.74) is 7.06. The van der Waals surface area contributed by atoms with Crippen molar-refractivity contribution in [1.29, 1.82) is 0 Å².